The highest BCUT2D eigenvalue weighted by Crippen LogP contribution is 2.20. The molecular formula is C15H11BrClF2NO. The lowest BCUT2D eigenvalue weighted by Crippen LogP contribution is -2.26. The number of rotatable bonds is 4. The van der Waals surface area contributed by atoms with E-state index in [1.807, 2.05) is 0 Å². The van der Waals surface area contributed by atoms with Crippen molar-refractivity contribution in [3.05, 3.63) is 68.7 Å². The van der Waals surface area contributed by atoms with Gasteiger partial charge in [-0.1, -0.05) is 27.5 Å². The van der Waals surface area contributed by atoms with Crippen molar-refractivity contribution in [2.24, 2.45) is 0 Å². The van der Waals surface area contributed by atoms with Gasteiger partial charge < -0.3 is 5.32 Å². The van der Waals surface area contributed by atoms with Crippen LogP contribution in [0, 0.1) is 11.6 Å². The molecule has 21 heavy (non-hydrogen) atoms. The summed E-state index contributed by atoms with van der Waals surface area (Å²) < 4.78 is 26.8. The number of hydrogen-bond donors (Lipinski definition) is 1. The Morgan fingerprint density at radius 3 is 2.48 bits per heavy atom. The van der Waals surface area contributed by atoms with Crippen LogP contribution in [0.25, 0.3) is 0 Å². The van der Waals surface area contributed by atoms with Gasteiger partial charge in [0.05, 0.1) is 10.6 Å². The van der Waals surface area contributed by atoms with Crippen LogP contribution in [0.2, 0.25) is 5.02 Å². The maximum absolute atomic E-state index is 13.0. The van der Waals surface area contributed by atoms with Crippen LogP contribution >= 0.6 is 27.5 Å². The Kier molecular flexibility index (Phi) is 5.31. The molecule has 0 saturated carbocycles. The van der Waals surface area contributed by atoms with Crippen LogP contribution in [0.15, 0.2) is 40.9 Å². The first-order valence-electron chi connectivity index (χ1n) is 6.14. The van der Waals surface area contributed by atoms with E-state index >= 15 is 0 Å². The fraction of sp³-hybridized carbons (Fsp3) is 0.133. The molecule has 2 nitrogen and oxygen atoms in total. The van der Waals surface area contributed by atoms with Gasteiger partial charge in [-0.15, -0.1) is 0 Å². The zero-order valence-corrected chi connectivity index (χ0v) is 13.1. The second kappa shape index (κ2) is 7.00. The summed E-state index contributed by atoms with van der Waals surface area (Å²) in [7, 11) is 0. The number of halogens is 4. The maximum Gasteiger partial charge on any atom is 0.252 e. The largest absolute Gasteiger partial charge is 0.352 e. The minimum atomic E-state index is -0.633. The zero-order chi connectivity index (χ0) is 15.4. The van der Waals surface area contributed by atoms with Gasteiger partial charge >= 0.3 is 0 Å². The summed E-state index contributed by atoms with van der Waals surface area (Å²) in [4.78, 5) is 12.0. The zero-order valence-electron chi connectivity index (χ0n) is 10.8. The molecule has 1 amide bonds. The summed E-state index contributed by atoms with van der Waals surface area (Å²) in [6.45, 7) is 0.255. The van der Waals surface area contributed by atoms with Gasteiger partial charge in [-0.3, -0.25) is 4.79 Å². The topological polar surface area (TPSA) is 29.1 Å². The van der Waals surface area contributed by atoms with E-state index in [9.17, 15) is 13.6 Å². The third-order valence-corrected chi connectivity index (χ3v) is 3.62. The molecule has 0 spiro atoms. The van der Waals surface area contributed by atoms with Crippen molar-refractivity contribution in [2.45, 2.75) is 6.42 Å². The summed E-state index contributed by atoms with van der Waals surface area (Å²) >= 11 is 9.21. The van der Waals surface area contributed by atoms with Crippen molar-refractivity contribution in [3.8, 4) is 0 Å². The van der Waals surface area contributed by atoms with Gasteiger partial charge in [-0.25, -0.2) is 8.78 Å². The molecule has 6 heteroatoms. The predicted molar refractivity (Wildman–Crippen MR) is 81.5 cm³/mol. The van der Waals surface area contributed by atoms with E-state index in [-0.39, 0.29) is 12.5 Å². The molecule has 0 atom stereocenters. The average molecular weight is 375 g/mol. The Bertz CT molecular complexity index is 658. The lowest BCUT2D eigenvalue weighted by atomic mass is 10.1. The number of carbonyl (C=O) groups excluding carboxylic acids is 1. The van der Waals surface area contributed by atoms with Crippen LogP contribution < -0.4 is 5.32 Å². The lowest BCUT2D eigenvalue weighted by Gasteiger charge is -2.07. The molecule has 0 unspecified atom stereocenters. The van der Waals surface area contributed by atoms with E-state index in [0.717, 1.165) is 10.5 Å². The third-order valence-electron chi connectivity index (χ3n) is 2.79. The molecule has 0 bridgehead atoms. The molecule has 1 N–H and O–H groups in total. The molecule has 0 fully saturated rings. The number of hydrogen-bond acceptors (Lipinski definition) is 1. The monoisotopic (exact) mass is 373 g/mol. The summed E-state index contributed by atoms with van der Waals surface area (Å²) in [5.74, 6) is -1.60. The fourth-order valence-electron chi connectivity index (χ4n) is 1.84. The summed E-state index contributed by atoms with van der Waals surface area (Å²) in [6.07, 6.45) is 0.325. The summed E-state index contributed by atoms with van der Waals surface area (Å²) in [6, 6.07) is 8.24. The van der Waals surface area contributed by atoms with Gasteiger partial charge in [0.2, 0.25) is 0 Å². The highest BCUT2D eigenvalue weighted by Gasteiger charge is 2.10. The highest BCUT2D eigenvalue weighted by atomic mass is 79.9. The second-order valence-electron chi connectivity index (χ2n) is 4.41. The van der Waals surface area contributed by atoms with Crippen molar-refractivity contribution >= 4 is 33.4 Å². The van der Waals surface area contributed by atoms with Crippen molar-refractivity contribution in [3.63, 3.8) is 0 Å². The van der Waals surface area contributed by atoms with Gasteiger partial charge in [0.25, 0.3) is 5.91 Å². The van der Waals surface area contributed by atoms with Crippen LogP contribution in [0.5, 0.6) is 0 Å². The molecule has 0 radical (unpaired) electrons. The van der Waals surface area contributed by atoms with Gasteiger partial charge in [-0.2, -0.15) is 0 Å². The first kappa shape index (κ1) is 15.9. The molecule has 110 valence electrons. The van der Waals surface area contributed by atoms with Crippen molar-refractivity contribution < 1.29 is 13.6 Å². The van der Waals surface area contributed by atoms with E-state index in [0.29, 0.717) is 22.6 Å². The Hall–Kier alpha value is -1.46. The van der Waals surface area contributed by atoms with E-state index < -0.39 is 11.6 Å². The van der Waals surface area contributed by atoms with Crippen LogP contribution in [0.1, 0.15) is 15.9 Å². The van der Waals surface area contributed by atoms with Crippen molar-refractivity contribution in [2.75, 3.05) is 6.54 Å². The normalized spacial score (nSPS) is 10.5. The van der Waals surface area contributed by atoms with Gasteiger partial charge in [-0.05, 0) is 42.3 Å². The molecule has 0 saturated heterocycles. The van der Waals surface area contributed by atoms with Crippen molar-refractivity contribution in [1.82, 2.24) is 5.32 Å². The Balaban J connectivity index is 1.96. The standard InChI is InChI=1S/C15H11BrClF2NO/c16-10-1-2-14(17)13(7-10)15(21)20-4-3-9-5-11(18)8-12(19)6-9/h1-2,5-8H,3-4H2,(H,20,21). The maximum atomic E-state index is 13.0. The van der Waals surface area contributed by atoms with Crippen LogP contribution in [0.4, 0.5) is 8.78 Å². The van der Waals surface area contributed by atoms with Crippen molar-refractivity contribution in [1.29, 1.82) is 0 Å². The van der Waals surface area contributed by atoms with Gasteiger partial charge in [0.15, 0.2) is 0 Å². The van der Waals surface area contributed by atoms with Gasteiger partial charge in [0, 0.05) is 17.1 Å². The quantitative estimate of drug-likeness (QED) is 0.847. The van der Waals surface area contributed by atoms with Gasteiger partial charge in [0.1, 0.15) is 11.6 Å². The molecule has 0 aromatic heterocycles. The van der Waals surface area contributed by atoms with E-state index in [4.69, 9.17) is 11.6 Å². The molecule has 2 aromatic rings. The molecule has 0 aliphatic heterocycles. The molecule has 0 heterocycles. The Morgan fingerprint density at radius 1 is 1.14 bits per heavy atom. The summed E-state index contributed by atoms with van der Waals surface area (Å²) in [5.41, 5.74) is 0.824. The third kappa shape index (κ3) is 4.51. The van der Waals surface area contributed by atoms with Crippen LogP contribution in [-0.4, -0.2) is 12.5 Å². The van der Waals surface area contributed by atoms with E-state index in [2.05, 4.69) is 21.2 Å². The summed E-state index contributed by atoms with van der Waals surface area (Å²) in [5, 5.41) is 3.01. The molecule has 0 aliphatic carbocycles. The smallest absolute Gasteiger partial charge is 0.252 e. The average Bonchev–Trinajstić information content (AvgIpc) is 2.40. The van der Waals surface area contributed by atoms with Crippen LogP contribution in [0.3, 0.4) is 0 Å². The fourth-order valence-corrected chi connectivity index (χ4v) is 2.41. The number of amides is 1. The number of benzene rings is 2. The minimum Gasteiger partial charge on any atom is -0.352 e. The highest BCUT2D eigenvalue weighted by molar-refractivity contribution is 9.10. The number of carbonyl (C=O) groups is 1. The molecular weight excluding hydrogens is 364 g/mol. The lowest BCUT2D eigenvalue weighted by molar-refractivity contribution is 0.0954. The Labute approximate surface area is 134 Å². The van der Waals surface area contributed by atoms with E-state index in [1.54, 1.807) is 18.2 Å². The Morgan fingerprint density at radius 2 is 1.81 bits per heavy atom. The van der Waals surface area contributed by atoms with E-state index in [1.165, 1.54) is 12.1 Å². The first-order chi connectivity index (χ1) is 9.95. The second-order valence-corrected chi connectivity index (χ2v) is 5.73. The number of nitrogens with one attached hydrogen (secondary N) is 1. The minimum absolute atomic E-state index is 0.255. The first-order valence-corrected chi connectivity index (χ1v) is 7.31. The molecule has 2 aromatic carbocycles. The molecule has 0 aliphatic rings. The predicted octanol–water partition coefficient (Wildman–Crippen LogP) is 4.35. The van der Waals surface area contributed by atoms with Crippen LogP contribution in [-0.2, 0) is 6.42 Å². The SMILES string of the molecule is O=C(NCCc1cc(F)cc(F)c1)c1cc(Br)ccc1Cl. The molecule has 2 rings (SSSR count).